The van der Waals surface area contributed by atoms with Crippen molar-refractivity contribution in [2.24, 2.45) is 0 Å². The van der Waals surface area contributed by atoms with Crippen LogP contribution in [-0.4, -0.2) is 51.6 Å². The second-order valence-corrected chi connectivity index (χ2v) is 4.82. The minimum atomic E-state index is -0.388. The van der Waals surface area contributed by atoms with Crippen LogP contribution in [0.2, 0.25) is 0 Å². The van der Waals surface area contributed by atoms with Gasteiger partial charge in [0, 0.05) is 19.3 Å². The Morgan fingerprint density at radius 3 is 2.95 bits per heavy atom. The predicted molar refractivity (Wildman–Crippen MR) is 74.1 cm³/mol. The summed E-state index contributed by atoms with van der Waals surface area (Å²) in [4.78, 5) is 22.6. The summed E-state index contributed by atoms with van der Waals surface area (Å²) in [5.74, 6) is 0.373. The number of nitrogens with two attached hydrogens (primary N) is 1. The van der Waals surface area contributed by atoms with Gasteiger partial charge >= 0.3 is 0 Å². The van der Waals surface area contributed by atoms with E-state index in [2.05, 4.69) is 9.97 Å². The third-order valence-electron chi connectivity index (χ3n) is 3.59. The van der Waals surface area contributed by atoms with E-state index >= 15 is 0 Å². The van der Waals surface area contributed by atoms with Gasteiger partial charge in [-0.2, -0.15) is 0 Å². The quantitative estimate of drug-likeness (QED) is 0.859. The topological polar surface area (TPSA) is 86.3 Å². The Balaban J connectivity index is 1.93. The van der Waals surface area contributed by atoms with Gasteiger partial charge in [-0.3, -0.25) is 14.3 Å². The zero-order valence-corrected chi connectivity index (χ0v) is 11.3. The molecule has 0 aliphatic carbocycles. The maximum atomic E-state index is 12.5. The Kier molecular flexibility index (Phi) is 3.27. The highest BCUT2D eigenvalue weighted by Gasteiger charge is 2.26. The maximum Gasteiger partial charge on any atom is 0.245 e. The Hall–Kier alpha value is -2.15. The summed E-state index contributed by atoms with van der Waals surface area (Å²) in [6.45, 7) is 4.26. The van der Waals surface area contributed by atoms with Crippen molar-refractivity contribution in [1.82, 2.24) is 19.4 Å². The van der Waals surface area contributed by atoms with Crippen LogP contribution in [0.4, 0.5) is 5.95 Å². The Labute approximate surface area is 116 Å². The lowest BCUT2D eigenvalue weighted by atomic mass is 10.2. The van der Waals surface area contributed by atoms with E-state index in [4.69, 9.17) is 10.5 Å². The Morgan fingerprint density at radius 2 is 2.20 bits per heavy atom. The molecule has 7 heteroatoms. The monoisotopic (exact) mass is 275 g/mol. The van der Waals surface area contributed by atoms with Crippen molar-refractivity contribution < 1.29 is 9.53 Å². The molecule has 106 valence electrons. The summed E-state index contributed by atoms with van der Waals surface area (Å²) in [6, 6.07) is 1.43. The van der Waals surface area contributed by atoms with Crippen LogP contribution in [0.25, 0.3) is 11.0 Å². The first-order valence-electron chi connectivity index (χ1n) is 6.62. The Bertz CT molecular complexity index is 633. The number of fused-ring (bicyclic) bond motifs is 1. The van der Waals surface area contributed by atoms with Crippen molar-refractivity contribution in [2.75, 3.05) is 32.0 Å². The van der Waals surface area contributed by atoms with Gasteiger partial charge in [0.2, 0.25) is 11.9 Å². The number of hydrogen-bond donors (Lipinski definition) is 1. The van der Waals surface area contributed by atoms with Gasteiger partial charge < -0.3 is 15.4 Å². The highest BCUT2D eigenvalue weighted by atomic mass is 16.5. The van der Waals surface area contributed by atoms with Gasteiger partial charge in [0.25, 0.3) is 0 Å². The standard InChI is InChI=1S/C13H17N5O2/c1-9(12(19)17-4-6-20-7-5-17)18-11-2-3-15-8-10(11)16-13(18)14/h2-3,8-9H,4-7H2,1H3,(H2,14,16). The number of pyridine rings is 1. The van der Waals surface area contributed by atoms with E-state index in [-0.39, 0.29) is 11.9 Å². The molecule has 1 amide bonds. The molecule has 0 bridgehead atoms. The molecule has 0 spiro atoms. The number of hydrogen-bond acceptors (Lipinski definition) is 5. The number of nitrogen functional groups attached to an aromatic ring is 1. The molecular formula is C13H17N5O2. The summed E-state index contributed by atoms with van der Waals surface area (Å²) < 4.78 is 7.03. The summed E-state index contributed by atoms with van der Waals surface area (Å²) in [6.07, 6.45) is 3.32. The fourth-order valence-electron chi connectivity index (χ4n) is 2.53. The van der Waals surface area contributed by atoms with E-state index in [1.807, 2.05) is 13.0 Å². The van der Waals surface area contributed by atoms with E-state index in [0.29, 0.717) is 37.8 Å². The third-order valence-corrected chi connectivity index (χ3v) is 3.59. The molecule has 2 aromatic rings. The van der Waals surface area contributed by atoms with Crippen LogP contribution in [0.1, 0.15) is 13.0 Å². The van der Waals surface area contributed by atoms with E-state index in [0.717, 1.165) is 5.52 Å². The maximum absolute atomic E-state index is 12.5. The number of ether oxygens (including phenoxy) is 1. The van der Waals surface area contributed by atoms with Gasteiger partial charge in [0.1, 0.15) is 11.6 Å². The minimum Gasteiger partial charge on any atom is -0.378 e. The van der Waals surface area contributed by atoms with Gasteiger partial charge in [0.05, 0.1) is 24.9 Å². The molecule has 2 N–H and O–H groups in total. The molecule has 1 fully saturated rings. The van der Waals surface area contributed by atoms with Crippen LogP contribution in [0, 0.1) is 0 Å². The molecule has 0 aromatic carbocycles. The number of imidazole rings is 1. The van der Waals surface area contributed by atoms with Gasteiger partial charge in [-0.25, -0.2) is 4.98 Å². The second-order valence-electron chi connectivity index (χ2n) is 4.82. The van der Waals surface area contributed by atoms with Crippen LogP contribution in [0.3, 0.4) is 0 Å². The molecule has 2 aromatic heterocycles. The molecule has 0 radical (unpaired) electrons. The first-order chi connectivity index (χ1) is 9.68. The van der Waals surface area contributed by atoms with E-state index in [1.54, 1.807) is 21.9 Å². The number of morpholine rings is 1. The second kappa shape index (κ2) is 5.09. The summed E-state index contributed by atoms with van der Waals surface area (Å²) in [5.41, 5.74) is 7.48. The van der Waals surface area contributed by atoms with Crippen molar-refractivity contribution in [2.45, 2.75) is 13.0 Å². The zero-order chi connectivity index (χ0) is 14.1. The van der Waals surface area contributed by atoms with Crippen molar-refractivity contribution in [3.63, 3.8) is 0 Å². The molecule has 3 heterocycles. The highest BCUT2D eigenvalue weighted by Crippen LogP contribution is 2.23. The summed E-state index contributed by atoms with van der Waals surface area (Å²) in [7, 11) is 0. The number of carbonyl (C=O) groups excluding carboxylic acids is 1. The number of amides is 1. The molecule has 1 aliphatic rings. The first-order valence-corrected chi connectivity index (χ1v) is 6.62. The fourth-order valence-corrected chi connectivity index (χ4v) is 2.53. The average Bonchev–Trinajstić information content (AvgIpc) is 2.82. The number of nitrogens with zero attached hydrogens (tertiary/aromatic N) is 4. The minimum absolute atomic E-state index is 0.0381. The van der Waals surface area contributed by atoms with Gasteiger partial charge in [-0.15, -0.1) is 0 Å². The molecule has 20 heavy (non-hydrogen) atoms. The lowest BCUT2D eigenvalue weighted by molar-refractivity contribution is -0.138. The van der Waals surface area contributed by atoms with Crippen molar-refractivity contribution in [3.05, 3.63) is 18.5 Å². The smallest absolute Gasteiger partial charge is 0.245 e. The lowest BCUT2D eigenvalue weighted by Crippen LogP contribution is -2.43. The van der Waals surface area contributed by atoms with Crippen molar-refractivity contribution >= 4 is 22.9 Å². The number of aromatic nitrogens is 3. The van der Waals surface area contributed by atoms with Gasteiger partial charge in [-0.1, -0.05) is 0 Å². The van der Waals surface area contributed by atoms with E-state index in [9.17, 15) is 4.79 Å². The molecule has 1 unspecified atom stereocenters. The summed E-state index contributed by atoms with van der Waals surface area (Å²) in [5, 5.41) is 0. The molecule has 3 rings (SSSR count). The summed E-state index contributed by atoms with van der Waals surface area (Å²) >= 11 is 0. The first kappa shape index (κ1) is 12.9. The fraction of sp³-hybridized carbons (Fsp3) is 0.462. The van der Waals surface area contributed by atoms with E-state index < -0.39 is 0 Å². The SMILES string of the molecule is CC(C(=O)N1CCOCC1)n1c(N)nc2cnccc21. The normalized spacial score (nSPS) is 17.4. The molecule has 1 saturated heterocycles. The molecule has 7 nitrogen and oxygen atoms in total. The molecule has 1 aliphatic heterocycles. The Morgan fingerprint density at radius 1 is 1.45 bits per heavy atom. The van der Waals surface area contributed by atoms with Crippen LogP contribution in [-0.2, 0) is 9.53 Å². The van der Waals surface area contributed by atoms with Crippen LogP contribution < -0.4 is 5.73 Å². The van der Waals surface area contributed by atoms with Crippen LogP contribution in [0.15, 0.2) is 18.5 Å². The van der Waals surface area contributed by atoms with Crippen molar-refractivity contribution in [1.29, 1.82) is 0 Å². The largest absolute Gasteiger partial charge is 0.378 e. The van der Waals surface area contributed by atoms with Gasteiger partial charge in [0.15, 0.2) is 0 Å². The van der Waals surface area contributed by atoms with Crippen LogP contribution in [0.5, 0.6) is 0 Å². The third kappa shape index (κ3) is 2.09. The van der Waals surface area contributed by atoms with Crippen LogP contribution >= 0.6 is 0 Å². The van der Waals surface area contributed by atoms with Gasteiger partial charge in [-0.05, 0) is 13.0 Å². The lowest BCUT2D eigenvalue weighted by Gasteiger charge is -2.30. The number of anilines is 1. The predicted octanol–water partition coefficient (Wildman–Crippen LogP) is 0.433. The molecule has 1 atom stereocenters. The molecule has 0 saturated carbocycles. The van der Waals surface area contributed by atoms with Crippen molar-refractivity contribution in [3.8, 4) is 0 Å². The number of carbonyl (C=O) groups is 1. The molecular weight excluding hydrogens is 258 g/mol. The van der Waals surface area contributed by atoms with E-state index in [1.165, 1.54) is 0 Å². The zero-order valence-electron chi connectivity index (χ0n) is 11.3. The number of rotatable bonds is 2. The average molecular weight is 275 g/mol. The highest BCUT2D eigenvalue weighted by molar-refractivity contribution is 5.85.